The van der Waals surface area contributed by atoms with E-state index in [1.165, 1.54) is 0 Å². The number of hydrogen-bond donors (Lipinski definition) is 1. The molecule has 0 bridgehead atoms. The topological polar surface area (TPSA) is 99.1 Å². The molecule has 0 saturated carbocycles. The maximum absolute atomic E-state index is 12.2. The molecule has 0 aliphatic carbocycles. The molecule has 1 aromatic carbocycles. The average Bonchev–Trinajstić information content (AvgIpc) is 2.89. The Bertz CT molecular complexity index is 680. The van der Waals surface area contributed by atoms with Crippen molar-refractivity contribution in [3.8, 4) is 0 Å². The van der Waals surface area contributed by atoms with E-state index in [0.29, 0.717) is 17.9 Å². The summed E-state index contributed by atoms with van der Waals surface area (Å²) in [6.07, 6.45) is 0.653. The first kappa shape index (κ1) is 15.7. The Morgan fingerprint density at radius 2 is 1.86 bits per heavy atom. The SMILES string of the molecule is CC(C)CC(N)c1nnc(S(=O)(=O)Cc2ccccc2)o1. The van der Waals surface area contributed by atoms with Gasteiger partial charge in [-0.1, -0.05) is 49.3 Å². The number of rotatable bonds is 6. The Morgan fingerprint density at radius 1 is 1.19 bits per heavy atom. The number of aromatic nitrogens is 2. The summed E-state index contributed by atoms with van der Waals surface area (Å²) in [7, 11) is -3.65. The zero-order valence-corrected chi connectivity index (χ0v) is 12.9. The lowest BCUT2D eigenvalue weighted by Gasteiger charge is -2.08. The first-order chi connectivity index (χ1) is 9.88. The number of benzene rings is 1. The Kier molecular flexibility index (Phi) is 4.74. The molecule has 114 valence electrons. The van der Waals surface area contributed by atoms with E-state index in [9.17, 15) is 8.42 Å². The molecule has 1 aromatic heterocycles. The van der Waals surface area contributed by atoms with Crippen molar-refractivity contribution in [2.75, 3.05) is 0 Å². The molecule has 2 N–H and O–H groups in total. The summed E-state index contributed by atoms with van der Waals surface area (Å²) < 4.78 is 29.7. The Balaban J connectivity index is 2.16. The first-order valence-electron chi connectivity index (χ1n) is 6.74. The van der Waals surface area contributed by atoms with E-state index >= 15 is 0 Å². The Morgan fingerprint density at radius 3 is 2.48 bits per heavy atom. The van der Waals surface area contributed by atoms with Crippen LogP contribution in [0.5, 0.6) is 0 Å². The Labute approximate surface area is 124 Å². The van der Waals surface area contributed by atoms with Crippen molar-refractivity contribution in [1.82, 2.24) is 10.2 Å². The minimum absolute atomic E-state index is 0.162. The quantitative estimate of drug-likeness (QED) is 0.877. The number of nitrogens with zero attached hydrogens (tertiary/aromatic N) is 2. The molecule has 1 heterocycles. The van der Waals surface area contributed by atoms with E-state index in [0.717, 1.165) is 0 Å². The summed E-state index contributed by atoms with van der Waals surface area (Å²) in [6, 6.07) is 8.41. The van der Waals surface area contributed by atoms with Gasteiger partial charge in [-0.3, -0.25) is 0 Å². The largest absolute Gasteiger partial charge is 0.411 e. The second-order valence-corrected chi connectivity index (χ2v) is 7.25. The maximum atomic E-state index is 12.2. The minimum atomic E-state index is -3.65. The molecule has 0 radical (unpaired) electrons. The van der Waals surface area contributed by atoms with Gasteiger partial charge in [0.15, 0.2) is 0 Å². The summed E-state index contributed by atoms with van der Waals surface area (Å²) in [4.78, 5) is 0. The summed E-state index contributed by atoms with van der Waals surface area (Å²) in [5.41, 5.74) is 6.58. The fourth-order valence-corrected chi connectivity index (χ4v) is 3.09. The molecule has 6 nitrogen and oxygen atoms in total. The molecule has 7 heteroatoms. The predicted molar refractivity (Wildman–Crippen MR) is 78.0 cm³/mol. The normalized spacial score (nSPS) is 13.5. The first-order valence-corrected chi connectivity index (χ1v) is 8.39. The van der Waals surface area contributed by atoms with Crippen LogP contribution in [0.4, 0.5) is 0 Å². The van der Waals surface area contributed by atoms with E-state index in [2.05, 4.69) is 10.2 Å². The summed E-state index contributed by atoms with van der Waals surface area (Å²) in [5, 5.41) is 7.01. The average molecular weight is 309 g/mol. The van der Waals surface area contributed by atoms with Gasteiger partial charge in [0.1, 0.15) is 0 Å². The van der Waals surface area contributed by atoms with Crippen LogP contribution in [-0.2, 0) is 15.6 Å². The highest BCUT2D eigenvalue weighted by Crippen LogP contribution is 2.21. The van der Waals surface area contributed by atoms with Gasteiger partial charge in [-0.15, -0.1) is 5.10 Å². The van der Waals surface area contributed by atoms with Gasteiger partial charge in [0.2, 0.25) is 15.7 Å². The number of nitrogens with two attached hydrogens (primary N) is 1. The lowest BCUT2D eigenvalue weighted by Crippen LogP contribution is -2.13. The van der Waals surface area contributed by atoms with Crippen LogP contribution in [-0.4, -0.2) is 18.6 Å². The zero-order valence-electron chi connectivity index (χ0n) is 12.1. The third-order valence-electron chi connectivity index (χ3n) is 2.93. The second kappa shape index (κ2) is 6.36. The molecule has 2 rings (SSSR count). The molecule has 0 fully saturated rings. The van der Waals surface area contributed by atoms with E-state index in [1.54, 1.807) is 24.3 Å². The fourth-order valence-electron chi connectivity index (χ4n) is 1.96. The van der Waals surface area contributed by atoms with Crippen molar-refractivity contribution in [3.05, 3.63) is 41.8 Å². The maximum Gasteiger partial charge on any atom is 0.335 e. The second-order valence-electron chi connectivity index (χ2n) is 5.39. The van der Waals surface area contributed by atoms with E-state index < -0.39 is 15.9 Å². The van der Waals surface area contributed by atoms with Gasteiger partial charge >= 0.3 is 5.22 Å². The van der Waals surface area contributed by atoms with Crippen molar-refractivity contribution >= 4 is 9.84 Å². The molecule has 0 amide bonds. The van der Waals surface area contributed by atoms with Gasteiger partial charge in [0.25, 0.3) is 0 Å². The van der Waals surface area contributed by atoms with Crippen LogP contribution in [0.15, 0.2) is 40.0 Å². The van der Waals surface area contributed by atoms with Crippen molar-refractivity contribution < 1.29 is 12.8 Å². The molecular formula is C14H19N3O3S. The van der Waals surface area contributed by atoms with Crippen LogP contribution in [0.3, 0.4) is 0 Å². The molecule has 0 spiro atoms. The summed E-state index contributed by atoms with van der Waals surface area (Å²) >= 11 is 0. The van der Waals surface area contributed by atoms with Gasteiger partial charge in [0.05, 0.1) is 11.8 Å². The van der Waals surface area contributed by atoms with Crippen LogP contribution in [0, 0.1) is 5.92 Å². The van der Waals surface area contributed by atoms with Gasteiger partial charge < -0.3 is 10.2 Å². The molecule has 1 unspecified atom stereocenters. The molecule has 1 atom stereocenters. The lowest BCUT2D eigenvalue weighted by atomic mass is 10.1. The molecule has 2 aromatic rings. The van der Waals surface area contributed by atoms with E-state index in [1.807, 2.05) is 19.9 Å². The van der Waals surface area contributed by atoms with Gasteiger partial charge in [-0.05, 0) is 17.9 Å². The van der Waals surface area contributed by atoms with Crippen LogP contribution in [0.2, 0.25) is 0 Å². The highest BCUT2D eigenvalue weighted by Gasteiger charge is 2.25. The van der Waals surface area contributed by atoms with E-state index in [-0.39, 0.29) is 16.9 Å². The summed E-state index contributed by atoms with van der Waals surface area (Å²) in [6.45, 7) is 4.03. The van der Waals surface area contributed by atoms with Crippen molar-refractivity contribution in [2.45, 2.75) is 37.3 Å². The monoisotopic (exact) mass is 309 g/mol. The Hall–Kier alpha value is -1.73. The molecular weight excluding hydrogens is 290 g/mol. The minimum Gasteiger partial charge on any atom is -0.411 e. The predicted octanol–water partition coefficient (Wildman–Crippen LogP) is 2.09. The third kappa shape index (κ3) is 4.12. The highest BCUT2D eigenvalue weighted by atomic mass is 32.2. The number of hydrogen-bond acceptors (Lipinski definition) is 6. The van der Waals surface area contributed by atoms with Crippen LogP contribution in [0.1, 0.15) is 37.8 Å². The number of sulfone groups is 1. The van der Waals surface area contributed by atoms with Gasteiger partial charge in [-0.25, -0.2) is 8.42 Å². The highest BCUT2D eigenvalue weighted by molar-refractivity contribution is 7.90. The molecule has 21 heavy (non-hydrogen) atoms. The lowest BCUT2D eigenvalue weighted by molar-refractivity contribution is 0.352. The van der Waals surface area contributed by atoms with Crippen LogP contribution in [0.25, 0.3) is 0 Å². The van der Waals surface area contributed by atoms with Crippen molar-refractivity contribution in [2.24, 2.45) is 11.7 Å². The van der Waals surface area contributed by atoms with E-state index in [4.69, 9.17) is 10.2 Å². The van der Waals surface area contributed by atoms with Gasteiger partial charge in [0, 0.05) is 0 Å². The third-order valence-corrected chi connectivity index (χ3v) is 4.34. The van der Waals surface area contributed by atoms with Crippen molar-refractivity contribution in [1.29, 1.82) is 0 Å². The van der Waals surface area contributed by atoms with Crippen LogP contribution >= 0.6 is 0 Å². The molecule has 0 saturated heterocycles. The van der Waals surface area contributed by atoms with Gasteiger partial charge in [-0.2, -0.15) is 0 Å². The fraction of sp³-hybridized carbons (Fsp3) is 0.429. The standard InChI is InChI=1S/C14H19N3O3S/c1-10(2)8-12(15)13-16-17-14(20-13)21(18,19)9-11-6-4-3-5-7-11/h3-7,10,12H,8-9,15H2,1-2H3. The van der Waals surface area contributed by atoms with Crippen molar-refractivity contribution in [3.63, 3.8) is 0 Å². The zero-order chi connectivity index (χ0) is 15.5. The molecule has 0 aliphatic heterocycles. The molecule has 0 aliphatic rings. The summed E-state index contributed by atoms with van der Waals surface area (Å²) in [5.74, 6) is 0.348. The van der Waals surface area contributed by atoms with Crippen LogP contribution < -0.4 is 5.73 Å². The smallest absolute Gasteiger partial charge is 0.335 e.